The Hall–Kier alpha value is -15.0. The third-order valence-electron chi connectivity index (χ3n) is 23.3. The molecule has 0 atom stereocenters. The van der Waals surface area contributed by atoms with Gasteiger partial charge in [0.15, 0.2) is 34.9 Å². The van der Waals surface area contributed by atoms with Gasteiger partial charge < -0.3 is 11.0 Å². The van der Waals surface area contributed by atoms with E-state index in [0.29, 0.717) is 34.9 Å². The van der Waals surface area contributed by atoms with Gasteiger partial charge in [0.2, 0.25) is 0 Å². The zero-order valence-corrected chi connectivity index (χ0v) is 67.9. The molecule has 0 saturated heterocycles. The van der Waals surface area contributed by atoms with Gasteiger partial charge in [0.25, 0.3) is 0 Å². The Morgan fingerprint density at radius 3 is 0.852 bits per heavy atom. The van der Waals surface area contributed by atoms with Crippen molar-refractivity contribution in [2.45, 2.75) is 10.8 Å². The van der Waals surface area contributed by atoms with E-state index >= 15 is 0 Å². The van der Waals surface area contributed by atoms with Gasteiger partial charge in [-0.25, -0.2) is 29.9 Å². The van der Waals surface area contributed by atoms with Gasteiger partial charge in [-0.1, -0.05) is 452 Å². The van der Waals surface area contributed by atoms with Crippen molar-refractivity contribution in [3.8, 4) is 124 Å². The average Bonchev–Trinajstić information content (AvgIpc) is 1.54. The molecule has 22 rings (SSSR count). The lowest BCUT2D eigenvalue weighted by Gasteiger charge is -2.34. The van der Waals surface area contributed by atoms with Gasteiger partial charge in [0.1, 0.15) is 7.85 Å². The minimum absolute atomic E-state index is 0. The number of benzene rings is 18. The van der Waals surface area contributed by atoms with Crippen LogP contribution in [0.5, 0.6) is 0 Å². The predicted octanol–water partition coefficient (Wildman–Crippen LogP) is 25.4. The molecule has 8 nitrogen and oxygen atoms in total. The van der Waals surface area contributed by atoms with Gasteiger partial charge >= 0.3 is 0 Å². The molecule has 2 heterocycles. The van der Waals surface area contributed by atoms with Crippen molar-refractivity contribution in [2.24, 2.45) is 0 Å². The van der Waals surface area contributed by atoms with Crippen LogP contribution >= 0.6 is 15.9 Å². The molecule has 0 spiro atoms. The SMILES string of the molecule is Brc1ccc2ccccc2c1-c1nc(-c2ccccc2)nc(-c2ccccc2)n1.O.O.[B]c1ccc(-c2ccc3c(c2)C(c2ccccc2)(c2ccccc2)c2ccccc2-3)cc1.c1ccc(-c2nc(-c3ccccc3)nc(-c3c(-c4ccc(-c5ccc6c(c5)C(c5ccccc5)(c5ccccc5)c5ccccc5-6)cc4)ccc4ccccc34)n2)cc1. The Labute approximate surface area is 719 Å². The second kappa shape index (κ2) is 34.1. The monoisotopic (exact) mass is 1630 g/mol. The summed E-state index contributed by atoms with van der Waals surface area (Å²) in [5.74, 6) is 3.91. The van der Waals surface area contributed by atoms with Crippen molar-refractivity contribution in [1.82, 2.24) is 29.9 Å². The molecule has 18 aromatic carbocycles. The summed E-state index contributed by atoms with van der Waals surface area (Å²) in [4.78, 5) is 29.9. The smallest absolute Gasteiger partial charge is 0.165 e. The lowest BCUT2D eigenvalue weighted by atomic mass is 9.67. The van der Waals surface area contributed by atoms with Gasteiger partial charge in [-0.2, -0.15) is 0 Å². The molecule has 578 valence electrons. The molecule has 0 fully saturated rings. The topological polar surface area (TPSA) is 140 Å². The highest BCUT2D eigenvalue weighted by atomic mass is 79.9. The highest BCUT2D eigenvalue weighted by Crippen LogP contribution is 2.59. The second-order valence-corrected chi connectivity index (χ2v) is 31.1. The third-order valence-corrected chi connectivity index (χ3v) is 24.0. The molecule has 0 amide bonds. The van der Waals surface area contributed by atoms with E-state index in [4.69, 9.17) is 37.8 Å². The molecule has 2 aliphatic rings. The maximum atomic E-state index is 5.95. The van der Waals surface area contributed by atoms with Gasteiger partial charge in [-0.05, 0) is 140 Å². The van der Waals surface area contributed by atoms with Crippen molar-refractivity contribution < 1.29 is 11.0 Å². The molecule has 4 N–H and O–H groups in total. The summed E-state index contributed by atoms with van der Waals surface area (Å²) < 4.78 is 0.959. The highest BCUT2D eigenvalue weighted by molar-refractivity contribution is 9.10. The molecule has 0 unspecified atom stereocenters. The third kappa shape index (κ3) is 14.4. The van der Waals surface area contributed by atoms with Crippen molar-refractivity contribution in [3.05, 3.63) is 498 Å². The second-order valence-electron chi connectivity index (χ2n) is 30.2. The van der Waals surface area contributed by atoms with Crippen LogP contribution in [0.1, 0.15) is 44.5 Å². The summed E-state index contributed by atoms with van der Waals surface area (Å²) in [6.07, 6.45) is 0. The lowest BCUT2D eigenvalue weighted by molar-refractivity contribution is 0.769. The largest absolute Gasteiger partial charge is 0.412 e. The summed E-state index contributed by atoms with van der Waals surface area (Å²) in [6, 6.07) is 158. The van der Waals surface area contributed by atoms with E-state index in [0.717, 1.165) is 81.6 Å². The molecule has 10 heteroatoms. The number of hydrogen-bond acceptors (Lipinski definition) is 6. The molecule has 0 aliphatic heterocycles. The molecule has 2 aromatic heterocycles. The molecule has 2 radical (unpaired) electrons. The summed E-state index contributed by atoms with van der Waals surface area (Å²) >= 11 is 3.72. The van der Waals surface area contributed by atoms with Crippen LogP contribution < -0.4 is 5.46 Å². The van der Waals surface area contributed by atoms with E-state index in [1.807, 2.05) is 127 Å². The van der Waals surface area contributed by atoms with Gasteiger partial charge in [-0.15, -0.1) is 0 Å². The van der Waals surface area contributed by atoms with E-state index in [2.05, 4.69) is 337 Å². The minimum Gasteiger partial charge on any atom is -0.412 e. The van der Waals surface area contributed by atoms with Gasteiger partial charge in [0, 0.05) is 37.9 Å². The first-order valence-corrected chi connectivity index (χ1v) is 41.2. The van der Waals surface area contributed by atoms with E-state index in [1.165, 1.54) is 83.5 Å². The van der Waals surface area contributed by atoms with Crippen LogP contribution in [0.3, 0.4) is 0 Å². The van der Waals surface area contributed by atoms with Crippen LogP contribution in [0.25, 0.3) is 146 Å². The first-order valence-electron chi connectivity index (χ1n) is 40.4. The Morgan fingerprint density at radius 2 is 0.467 bits per heavy atom. The molecular weight excluding hydrogens is 1550 g/mol. The summed E-state index contributed by atoms with van der Waals surface area (Å²) in [5, 5.41) is 4.47. The van der Waals surface area contributed by atoms with E-state index < -0.39 is 5.41 Å². The minimum atomic E-state index is -0.452. The van der Waals surface area contributed by atoms with Crippen LogP contribution in [0.15, 0.2) is 453 Å². The lowest BCUT2D eigenvalue weighted by Crippen LogP contribution is -2.28. The number of rotatable bonds is 13. The Morgan fingerprint density at radius 1 is 0.197 bits per heavy atom. The van der Waals surface area contributed by atoms with Gasteiger partial charge in [-0.3, -0.25) is 0 Å². The standard InChI is InChI=1S/C56H37N3.C31H21B.C25H16BrN3.2H2O/c1-5-18-41(19-6-1)53-57-54(42-20-7-2-8-21-42)59-55(58-53)52-46-26-14-13-17-39(46)33-35-47(52)40-31-29-38(30-32-40)43-34-36-49-48-27-15-16-28-50(48)56(51(49)37-43,44-22-9-3-10-23-44)45-24-11-4-12-25-45;32-26-18-15-22(16-19-26)23-17-20-28-27-13-7-8-14-29(27)31(30(28)21-23,24-9-3-1-4-10-24)25-11-5-2-6-12-25;26-21-16-15-17-9-7-8-14-20(17)22(21)25-28-23(18-10-3-1-4-11-18)27-24(29-25)19-12-5-2-6-13-19;;/h1-37H;1-21H;1-16H;2*1H2. The maximum absolute atomic E-state index is 5.95. The van der Waals surface area contributed by atoms with E-state index in [-0.39, 0.29) is 16.4 Å². The maximum Gasteiger partial charge on any atom is 0.165 e. The van der Waals surface area contributed by atoms with Crippen molar-refractivity contribution in [3.63, 3.8) is 0 Å². The number of hydrogen-bond donors (Lipinski definition) is 0. The average molecular weight is 1630 g/mol. The number of nitrogens with zero attached hydrogens (tertiary/aromatic N) is 6. The van der Waals surface area contributed by atoms with Crippen LogP contribution in [-0.4, -0.2) is 48.7 Å². The van der Waals surface area contributed by atoms with Gasteiger partial charge in [0.05, 0.1) is 10.8 Å². The predicted molar refractivity (Wildman–Crippen MR) is 505 cm³/mol. The fraction of sp³-hybridized carbons (Fsp3) is 0.0179. The first-order chi connectivity index (χ1) is 59.3. The Kier molecular flexibility index (Phi) is 21.9. The zero-order valence-electron chi connectivity index (χ0n) is 66.4. The molecular formula is C112H78BBrN6O2. The normalized spacial score (nSPS) is 12.2. The van der Waals surface area contributed by atoms with Crippen molar-refractivity contribution >= 4 is 50.8 Å². The zero-order chi connectivity index (χ0) is 80.4. The Balaban J connectivity index is 0.000000136. The highest BCUT2D eigenvalue weighted by Gasteiger charge is 2.48. The molecule has 0 bridgehead atoms. The quantitative estimate of drug-likeness (QED) is 0.105. The summed E-state index contributed by atoms with van der Waals surface area (Å²) in [7, 11) is 5.95. The van der Waals surface area contributed by atoms with E-state index in [9.17, 15) is 0 Å². The number of aromatic nitrogens is 6. The molecule has 122 heavy (non-hydrogen) atoms. The van der Waals surface area contributed by atoms with Crippen molar-refractivity contribution in [1.29, 1.82) is 0 Å². The fourth-order valence-electron chi connectivity index (χ4n) is 17.8. The van der Waals surface area contributed by atoms with Crippen LogP contribution in [0.2, 0.25) is 0 Å². The summed E-state index contributed by atoms with van der Waals surface area (Å²) in [5.41, 5.74) is 28.1. The molecule has 0 saturated carbocycles. The summed E-state index contributed by atoms with van der Waals surface area (Å²) in [6.45, 7) is 0. The van der Waals surface area contributed by atoms with Crippen LogP contribution in [0, 0.1) is 0 Å². The first kappa shape index (κ1) is 78.2. The molecule has 2 aliphatic carbocycles. The number of fused-ring (bicyclic) bond motifs is 8. The number of halogens is 1. The Bertz CT molecular complexity index is 6950. The van der Waals surface area contributed by atoms with Crippen molar-refractivity contribution in [2.75, 3.05) is 0 Å². The van der Waals surface area contributed by atoms with Crippen LogP contribution in [-0.2, 0) is 10.8 Å². The van der Waals surface area contributed by atoms with E-state index in [1.54, 1.807) is 0 Å². The van der Waals surface area contributed by atoms with Crippen LogP contribution in [0.4, 0.5) is 0 Å². The fourth-order valence-corrected chi connectivity index (χ4v) is 18.4. The molecule has 20 aromatic rings.